The maximum Gasteiger partial charge on any atom is 0.446 e. The highest BCUT2D eigenvalue weighted by molar-refractivity contribution is 8.00. The first-order valence-electron chi connectivity index (χ1n) is 4.00. The van der Waals surface area contributed by atoms with Crippen molar-refractivity contribution in [1.29, 1.82) is 0 Å². The van der Waals surface area contributed by atoms with E-state index in [0.717, 1.165) is 0 Å². The normalized spacial score (nSPS) is 11.5. The first kappa shape index (κ1) is 12.2. The molecule has 0 saturated heterocycles. The number of hydrogen-bond acceptors (Lipinski definition) is 3. The Morgan fingerprint density at radius 2 is 2.07 bits per heavy atom. The van der Waals surface area contributed by atoms with Gasteiger partial charge < -0.3 is 9.84 Å². The van der Waals surface area contributed by atoms with Crippen LogP contribution in [0.3, 0.4) is 0 Å². The summed E-state index contributed by atoms with van der Waals surface area (Å²) in [5.74, 6) is 0.148. The summed E-state index contributed by atoms with van der Waals surface area (Å²) in [6.07, 6.45) is 0. The van der Waals surface area contributed by atoms with Crippen LogP contribution in [0.15, 0.2) is 23.1 Å². The highest BCUT2D eigenvalue weighted by Crippen LogP contribution is 2.41. The number of methoxy groups -OCH3 is 1. The second kappa shape index (κ2) is 4.76. The molecular weight excluding hydrogens is 229 g/mol. The van der Waals surface area contributed by atoms with Crippen LogP contribution in [0.5, 0.6) is 5.75 Å². The molecule has 1 aromatic rings. The Bertz CT molecular complexity index is 339. The molecule has 15 heavy (non-hydrogen) atoms. The van der Waals surface area contributed by atoms with Crippen molar-refractivity contribution in [2.24, 2.45) is 0 Å². The largest absolute Gasteiger partial charge is 0.496 e. The number of halogens is 3. The average Bonchev–Trinajstić information content (AvgIpc) is 2.15. The number of aliphatic hydroxyl groups excluding tert-OH is 1. The number of thioether (sulfide) groups is 1. The van der Waals surface area contributed by atoms with Gasteiger partial charge in [-0.05, 0) is 29.5 Å². The molecule has 0 aliphatic rings. The van der Waals surface area contributed by atoms with Gasteiger partial charge >= 0.3 is 5.51 Å². The van der Waals surface area contributed by atoms with Crippen LogP contribution in [0.1, 0.15) is 5.56 Å². The third-order valence-electron chi connectivity index (χ3n) is 1.64. The van der Waals surface area contributed by atoms with Crippen molar-refractivity contribution >= 4 is 11.8 Å². The van der Waals surface area contributed by atoms with Gasteiger partial charge in [0.25, 0.3) is 0 Å². The first-order valence-corrected chi connectivity index (χ1v) is 4.81. The van der Waals surface area contributed by atoms with Crippen molar-refractivity contribution in [3.63, 3.8) is 0 Å². The second-order valence-corrected chi connectivity index (χ2v) is 3.80. The zero-order valence-corrected chi connectivity index (χ0v) is 8.65. The van der Waals surface area contributed by atoms with Gasteiger partial charge in [0.05, 0.1) is 18.6 Å². The zero-order valence-electron chi connectivity index (χ0n) is 7.84. The van der Waals surface area contributed by atoms with E-state index in [2.05, 4.69) is 0 Å². The quantitative estimate of drug-likeness (QED) is 0.821. The summed E-state index contributed by atoms with van der Waals surface area (Å²) in [4.78, 5) is -0.0449. The van der Waals surface area contributed by atoms with E-state index in [0.29, 0.717) is 5.56 Å². The van der Waals surface area contributed by atoms with Gasteiger partial charge in [-0.25, -0.2) is 0 Å². The predicted molar refractivity (Wildman–Crippen MR) is 50.8 cm³/mol. The lowest BCUT2D eigenvalue weighted by Gasteiger charge is -2.11. The average molecular weight is 238 g/mol. The van der Waals surface area contributed by atoms with Gasteiger partial charge in [0.2, 0.25) is 0 Å². The molecule has 1 rings (SSSR count). The molecule has 2 nitrogen and oxygen atoms in total. The Kier molecular flexibility index (Phi) is 3.87. The molecule has 6 heteroatoms. The topological polar surface area (TPSA) is 29.5 Å². The monoisotopic (exact) mass is 238 g/mol. The first-order chi connectivity index (χ1) is 6.96. The van der Waals surface area contributed by atoms with Crippen LogP contribution in [0.25, 0.3) is 0 Å². The molecule has 0 aliphatic carbocycles. The number of rotatable bonds is 3. The number of benzene rings is 1. The lowest BCUT2D eigenvalue weighted by Crippen LogP contribution is -2.01. The van der Waals surface area contributed by atoms with Crippen LogP contribution in [0.2, 0.25) is 0 Å². The minimum absolute atomic E-state index is 0.0449. The maximum absolute atomic E-state index is 12.1. The van der Waals surface area contributed by atoms with Crippen molar-refractivity contribution in [3.8, 4) is 5.75 Å². The molecule has 84 valence electrons. The molecule has 1 aromatic carbocycles. The van der Waals surface area contributed by atoms with Gasteiger partial charge in [0, 0.05) is 0 Å². The molecule has 0 bridgehead atoms. The molecule has 0 amide bonds. The minimum atomic E-state index is -4.36. The van der Waals surface area contributed by atoms with Crippen LogP contribution < -0.4 is 4.74 Å². The van der Waals surface area contributed by atoms with E-state index in [1.54, 1.807) is 0 Å². The molecule has 0 fully saturated rings. The van der Waals surface area contributed by atoms with E-state index >= 15 is 0 Å². The van der Waals surface area contributed by atoms with Crippen LogP contribution in [0.4, 0.5) is 13.2 Å². The summed E-state index contributed by atoms with van der Waals surface area (Å²) in [6, 6.07) is 4.18. The molecule has 1 N–H and O–H groups in total. The van der Waals surface area contributed by atoms with E-state index in [1.165, 1.54) is 25.3 Å². The van der Waals surface area contributed by atoms with Crippen LogP contribution in [-0.4, -0.2) is 17.7 Å². The lowest BCUT2D eigenvalue weighted by molar-refractivity contribution is -0.0328. The van der Waals surface area contributed by atoms with Gasteiger partial charge in [-0.3, -0.25) is 0 Å². The molecule has 0 aromatic heterocycles. The van der Waals surface area contributed by atoms with Gasteiger partial charge in [-0.1, -0.05) is 6.07 Å². The van der Waals surface area contributed by atoms with E-state index in [4.69, 9.17) is 9.84 Å². The number of aliphatic hydroxyl groups is 1. The Balaban J connectivity index is 3.01. The third-order valence-corrected chi connectivity index (χ3v) is 2.41. The highest BCUT2D eigenvalue weighted by atomic mass is 32.2. The summed E-state index contributed by atoms with van der Waals surface area (Å²) < 4.78 is 41.2. The zero-order chi connectivity index (χ0) is 11.5. The molecule has 0 radical (unpaired) electrons. The van der Waals surface area contributed by atoms with Crippen LogP contribution in [0, 0.1) is 0 Å². The van der Waals surface area contributed by atoms with Crippen molar-refractivity contribution in [3.05, 3.63) is 23.8 Å². The smallest absolute Gasteiger partial charge is 0.446 e. The Morgan fingerprint density at radius 3 is 2.53 bits per heavy atom. The van der Waals surface area contributed by atoms with Crippen molar-refractivity contribution in [2.45, 2.75) is 17.0 Å². The fourth-order valence-corrected chi connectivity index (χ4v) is 1.74. The minimum Gasteiger partial charge on any atom is -0.496 e. The fourth-order valence-electron chi connectivity index (χ4n) is 1.02. The lowest BCUT2D eigenvalue weighted by atomic mass is 10.2. The van der Waals surface area contributed by atoms with Gasteiger partial charge in [0.15, 0.2) is 0 Å². The molecule has 0 aliphatic heterocycles. The Hall–Kier alpha value is -0.880. The summed E-state index contributed by atoms with van der Waals surface area (Å²) in [5, 5.41) is 8.79. The van der Waals surface area contributed by atoms with E-state index in [9.17, 15) is 13.2 Å². The Morgan fingerprint density at radius 1 is 1.40 bits per heavy atom. The third kappa shape index (κ3) is 3.64. The fraction of sp³-hybridized carbons (Fsp3) is 0.333. The van der Waals surface area contributed by atoms with Crippen molar-refractivity contribution in [2.75, 3.05) is 7.11 Å². The SMILES string of the molecule is COc1ccc(CO)cc1SC(F)(F)F. The number of alkyl halides is 3. The van der Waals surface area contributed by atoms with Gasteiger partial charge in [0.1, 0.15) is 5.75 Å². The molecule has 0 heterocycles. The Labute approximate surface area is 89.1 Å². The highest BCUT2D eigenvalue weighted by Gasteiger charge is 2.30. The molecule has 0 atom stereocenters. The van der Waals surface area contributed by atoms with Gasteiger partial charge in [-0.2, -0.15) is 13.2 Å². The molecule has 0 spiro atoms. The summed E-state index contributed by atoms with van der Waals surface area (Å²) in [6.45, 7) is -0.296. The number of hydrogen-bond donors (Lipinski definition) is 1. The summed E-state index contributed by atoms with van der Waals surface area (Å²) in [7, 11) is 1.30. The second-order valence-electron chi connectivity index (χ2n) is 2.69. The van der Waals surface area contributed by atoms with Crippen molar-refractivity contribution < 1.29 is 23.0 Å². The summed E-state index contributed by atoms with van der Waals surface area (Å²) >= 11 is -0.255. The van der Waals surface area contributed by atoms with E-state index in [-0.39, 0.29) is 29.0 Å². The molecule has 0 unspecified atom stereocenters. The van der Waals surface area contributed by atoms with Crippen LogP contribution >= 0.6 is 11.8 Å². The van der Waals surface area contributed by atoms with E-state index in [1.807, 2.05) is 0 Å². The predicted octanol–water partition coefficient (Wildman–Crippen LogP) is 2.80. The van der Waals surface area contributed by atoms with E-state index < -0.39 is 5.51 Å². The van der Waals surface area contributed by atoms with Gasteiger partial charge in [-0.15, -0.1) is 0 Å². The standard InChI is InChI=1S/C9H9F3O2S/c1-14-7-3-2-6(5-13)4-8(7)15-9(10,11)12/h2-4,13H,5H2,1H3. The van der Waals surface area contributed by atoms with Crippen molar-refractivity contribution in [1.82, 2.24) is 0 Å². The van der Waals surface area contributed by atoms with Crippen LogP contribution in [-0.2, 0) is 6.61 Å². The molecular formula is C9H9F3O2S. The molecule has 0 saturated carbocycles. The maximum atomic E-state index is 12.1. The number of ether oxygens (including phenoxy) is 1. The summed E-state index contributed by atoms with van der Waals surface area (Å²) in [5.41, 5.74) is -3.94.